The van der Waals surface area contributed by atoms with Crippen molar-refractivity contribution in [3.05, 3.63) is 65.5 Å². The molecule has 0 radical (unpaired) electrons. The normalized spacial score (nSPS) is 10.3. The summed E-state index contributed by atoms with van der Waals surface area (Å²) in [7, 11) is 0. The average Bonchev–Trinajstić information content (AvgIpc) is 3.06. The maximum absolute atomic E-state index is 12.1. The number of thiazole rings is 1. The Morgan fingerprint density at radius 1 is 1.04 bits per heavy atom. The summed E-state index contributed by atoms with van der Waals surface area (Å²) >= 11 is 1.16. The van der Waals surface area contributed by atoms with Gasteiger partial charge in [0.15, 0.2) is 17.5 Å². The lowest BCUT2D eigenvalue weighted by molar-refractivity contribution is -0.118. The number of aromatic nitrogens is 1. The lowest BCUT2D eigenvalue weighted by atomic mass is 10.1. The highest BCUT2D eigenvalue weighted by molar-refractivity contribution is 7.18. The Bertz CT molecular complexity index is 876. The van der Waals surface area contributed by atoms with Gasteiger partial charge in [0.1, 0.15) is 5.75 Å². The van der Waals surface area contributed by atoms with Crippen LogP contribution < -0.4 is 10.1 Å². The number of carbonyl (C=O) groups excluding carboxylic acids is 2. The van der Waals surface area contributed by atoms with Crippen molar-refractivity contribution in [1.29, 1.82) is 0 Å². The third kappa shape index (κ3) is 4.30. The number of nitrogens with one attached hydrogen (secondary N) is 1. The smallest absolute Gasteiger partial charge is 0.264 e. The van der Waals surface area contributed by atoms with Crippen molar-refractivity contribution < 1.29 is 14.3 Å². The van der Waals surface area contributed by atoms with Gasteiger partial charge in [-0.15, -0.1) is 0 Å². The summed E-state index contributed by atoms with van der Waals surface area (Å²) in [5.41, 5.74) is 1.42. The number of Topliss-reactive ketones (excluding diaryl/α,β-unsaturated/α-hetero) is 1. The lowest BCUT2D eigenvalue weighted by Crippen LogP contribution is -2.20. The number of para-hydroxylation sites is 1. The number of carbonyl (C=O) groups is 2. The minimum absolute atomic E-state index is 0.0858. The number of amides is 1. The molecule has 0 spiro atoms. The first-order valence-electron chi connectivity index (χ1n) is 7.68. The van der Waals surface area contributed by atoms with Gasteiger partial charge in [0.2, 0.25) is 0 Å². The zero-order valence-corrected chi connectivity index (χ0v) is 14.4. The Morgan fingerprint density at radius 2 is 1.68 bits per heavy atom. The van der Waals surface area contributed by atoms with Crippen LogP contribution in [0.15, 0.2) is 60.7 Å². The van der Waals surface area contributed by atoms with E-state index >= 15 is 0 Å². The van der Waals surface area contributed by atoms with Crippen LogP contribution in [0.4, 0.5) is 5.13 Å². The number of ketones is 1. The summed E-state index contributed by atoms with van der Waals surface area (Å²) in [4.78, 5) is 28.9. The van der Waals surface area contributed by atoms with Crippen molar-refractivity contribution in [2.75, 3.05) is 11.9 Å². The number of anilines is 1. The van der Waals surface area contributed by atoms with Gasteiger partial charge in [-0.05, 0) is 12.1 Å². The second-order valence-electron chi connectivity index (χ2n) is 5.27. The van der Waals surface area contributed by atoms with E-state index in [2.05, 4.69) is 10.3 Å². The molecule has 3 aromatic rings. The van der Waals surface area contributed by atoms with Crippen LogP contribution in [0, 0.1) is 0 Å². The van der Waals surface area contributed by atoms with Gasteiger partial charge < -0.3 is 4.74 Å². The van der Waals surface area contributed by atoms with Crippen molar-refractivity contribution in [2.24, 2.45) is 0 Å². The van der Waals surface area contributed by atoms with Crippen molar-refractivity contribution in [2.45, 2.75) is 6.92 Å². The molecule has 5 nitrogen and oxygen atoms in total. The van der Waals surface area contributed by atoms with Crippen LogP contribution in [0.5, 0.6) is 5.75 Å². The fourth-order valence-electron chi connectivity index (χ4n) is 2.22. The monoisotopic (exact) mass is 352 g/mol. The van der Waals surface area contributed by atoms with E-state index in [9.17, 15) is 9.59 Å². The quantitative estimate of drug-likeness (QED) is 0.680. The van der Waals surface area contributed by atoms with Crippen molar-refractivity contribution in [3.8, 4) is 17.0 Å². The fourth-order valence-corrected chi connectivity index (χ4v) is 3.12. The van der Waals surface area contributed by atoms with E-state index in [1.165, 1.54) is 6.92 Å². The molecule has 1 heterocycles. The first-order chi connectivity index (χ1) is 12.1. The van der Waals surface area contributed by atoms with Crippen molar-refractivity contribution in [1.82, 2.24) is 4.98 Å². The van der Waals surface area contributed by atoms with Gasteiger partial charge in [-0.2, -0.15) is 0 Å². The topological polar surface area (TPSA) is 68.3 Å². The Balaban J connectivity index is 1.72. The van der Waals surface area contributed by atoms with E-state index in [4.69, 9.17) is 4.74 Å². The molecule has 0 bridgehead atoms. The van der Waals surface area contributed by atoms with Crippen LogP contribution in [0.25, 0.3) is 11.3 Å². The molecule has 3 rings (SSSR count). The molecule has 6 heteroatoms. The standard InChI is InChI=1S/C19H16N2O3S/c1-13(22)18-17(14-8-4-2-5-9-14)21-19(25-18)20-16(23)12-24-15-10-6-3-7-11-15/h2-11H,12H2,1H3,(H,20,21,23). The third-order valence-corrected chi connectivity index (χ3v) is 4.43. The molecule has 1 aromatic heterocycles. The summed E-state index contributed by atoms with van der Waals surface area (Å²) in [5, 5.41) is 3.07. The summed E-state index contributed by atoms with van der Waals surface area (Å²) < 4.78 is 5.41. The van der Waals surface area contributed by atoms with E-state index in [1.54, 1.807) is 12.1 Å². The van der Waals surface area contributed by atoms with E-state index < -0.39 is 0 Å². The van der Waals surface area contributed by atoms with Crippen LogP contribution in [-0.4, -0.2) is 23.3 Å². The molecule has 0 fully saturated rings. The van der Waals surface area contributed by atoms with Gasteiger partial charge in [-0.3, -0.25) is 14.9 Å². The van der Waals surface area contributed by atoms with Crippen LogP contribution in [0.3, 0.4) is 0 Å². The Labute approximate surface area is 149 Å². The minimum atomic E-state index is -0.327. The van der Waals surface area contributed by atoms with E-state index in [0.717, 1.165) is 16.9 Å². The molecule has 25 heavy (non-hydrogen) atoms. The Morgan fingerprint density at radius 3 is 2.32 bits per heavy atom. The summed E-state index contributed by atoms with van der Waals surface area (Å²) in [6.45, 7) is 1.36. The predicted molar refractivity (Wildman–Crippen MR) is 98.1 cm³/mol. The van der Waals surface area contributed by atoms with Gasteiger partial charge in [0, 0.05) is 12.5 Å². The van der Waals surface area contributed by atoms with E-state index in [-0.39, 0.29) is 18.3 Å². The summed E-state index contributed by atoms with van der Waals surface area (Å²) in [6.07, 6.45) is 0. The average molecular weight is 352 g/mol. The Hall–Kier alpha value is -2.99. The van der Waals surface area contributed by atoms with Gasteiger partial charge in [-0.1, -0.05) is 59.9 Å². The van der Waals surface area contributed by atoms with Crippen molar-refractivity contribution in [3.63, 3.8) is 0 Å². The molecule has 0 aliphatic rings. The molecule has 0 saturated heterocycles. The SMILES string of the molecule is CC(=O)c1sc(NC(=O)COc2ccccc2)nc1-c1ccccc1. The van der Waals surface area contributed by atoms with Crippen LogP contribution in [-0.2, 0) is 4.79 Å². The highest BCUT2D eigenvalue weighted by atomic mass is 32.1. The number of rotatable bonds is 6. The zero-order valence-electron chi connectivity index (χ0n) is 13.6. The number of ether oxygens (including phenoxy) is 1. The maximum Gasteiger partial charge on any atom is 0.264 e. The lowest BCUT2D eigenvalue weighted by Gasteiger charge is -2.05. The molecule has 0 saturated carbocycles. The molecule has 1 amide bonds. The van der Waals surface area contributed by atoms with Crippen molar-refractivity contribution >= 4 is 28.2 Å². The minimum Gasteiger partial charge on any atom is -0.484 e. The summed E-state index contributed by atoms with van der Waals surface area (Å²) in [5.74, 6) is 0.205. The zero-order chi connectivity index (χ0) is 17.6. The molecular weight excluding hydrogens is 336 g/mol. The van der Waals surface area contributed by atoms with Gasteiger partial charge >= 0.3 is 0 Å². The molecule has 0 aliphatic carbocycles. The molecule has 0 aliphatic heterocycles. The van der Waals surface area contributed by atoms with Crippen LogP contribution in [0.2, 0.25) is 0 Å². The number of hydrogen-bond acceptors (Lipinski definition) is 5. The third-order valence-electron chi connectivity index (χ3n) is 3.35. The number of benzene rings is 2. The first kappa shape index (κ1) is 16.9. The summed E-state index contributed by atoms with van der Waals surface area (Å²) in [6, 6.07) is 18.5. The highest BCUT2D eigenvalue weighted by Gasteiger charge is 2.17. The largest absolute Gasteiger partial charge is 0.484 e. The second-order valence-corrected chi connectivity index (χ2v) is 6.27. The molecule has 126 valence electrons. The number of hydrogen-bond donors (Lipinski definition) is 1. The van der Waals surface area contributed by atoms with Gasteiger partial charge in [0.25, 0.3) is 5.91 Å². The first-order valence-corrected chi connectivity index (χ1v) is 8.50. The molecular formula is C19H16N2O3S. The Kier molecular flexibility index (Phi) is 5.20. The molecule has 2 aromatic carbocycles. The maximum atomic E-state index is 12.1. The van der Waals surface area contributed by atoms with E-state index in [0.29, 0.717) is 21.5 Å². The molecule has 0 unspecified atom stereocenters. The molecule has 0 atom stereocenters. The van der Waals surface area contributed by atoms with Crippen LogP contribution in [0.1, 0.15) is 16.6 Å². The second kappa shape index (κ2) is 7.72. The van der Waals surface area contributed by atoms with Crippen LogP contribution >= 0.6 is 11.3 Å². The van der Waals surface area contributed by atoms with E-state index in [1.807, 2.05) is 48.5 Å². The fraction of sp³-hybridized carbons (Fsp3) is 0.105. The van der Waals surface area contributed by atoms with Gasteiger partial charge in [-0.25, -0.2) is 4.98 Å². The highest BCUT2D eigenvalue weighted by Crippen LogP contribution is 2.31. The number of nitrogens with zero attached hydrogens (tertiary/aromatic N) is 1. The molecule has 1 N–H and O–H groups in total. The predicted octanol–water partition coefficient (Wildman–Crippen LogP) is 4.03. The van der Waals surface area contributed by atoms with Gasteiger partial charge in [0.05, 0.1) is 10.6 Å².